The number of amides is 1. The molecule has 1 amide bonds. The van der Waals surface area contributed by atoms with E-state index in [1.54, 1.807) is 6.26 Å². The van der Waals surface area contributed by atoms with Gasteiger partial charge in [-0.1, -0.05) is 6.07 Å². The molecule has 1 aliphatic heterocycles. The second-order valence-electron chi connectivity index (χ2n) is 8.72. The monoisotopic (exact) mass is 485 g/mol. The van der Waals surface area contributed by atoms with E-state index >= 15 is 0 Å². The van der Waals surface area contributed by atoms with E-state index in [0.29, 0.717) is 11.7 Å². The standard InChI is InChI=1S/C27H27N5O2S/c1-17-15-23(18(2)31(17)16-22-7-6-14-34-22)26-25(24-8-4-5-13-28-24)30-27(35)32(26)21-11-9-20(10-12-21)29-19(3)33/h4-15,25-26H,16H2,1-3H3,(H,29,33)(H,30,35)/t25-,26-/m0/s1. The molecule has 1 saturated heterocycles. The number of pyridine rings is 1. The Morgan fingerprint density at radius 2 is 1.94 bits per heavy atom. The summed E-state index contributed by atoms with van der Waals surface area (Å²) in [6.07, 6.45) is 3.51. The van der Waals surface area contributed by atoms with Crippen LogP contribution < -0.4 is 15.5 Å². The van der Waals surface area contributed by atoms with Crippen molar-refractivity contribution in [1.29, 1.82) is 0 Å². The topological polar surface area (TPSA) is 75.3 Å². The van der Waals surface area contributed by atoms with Crippen LogP contribution in [0, 0.1) is 13.8 Å². The minimum atomic E-state index is -0.128. The van der Waals surface area contributed by atoms with Crippen molar-refractivity contribution in [2.45, 2.75) is 39.4 Å². The molecule has 1 fully saturated rings. The van der Waals surface area contributed by atoms with Gasteiger partial charge in [-0.2, -0.15) is 0 Å². The Morgan fingerprint density at radius 1 is 1.14 bits per heavy atom. The Bertz CT molecular complexity index is 1350. The van der Waals surface area contributed by atoms with E-state index in [0.717, 1.165) is 34.2 Å². The molecule has 4 heterocycles. The van der Waals surface area contributed by atoms with Gasteiger partial charge in [0.05, 0.1) is 30.6 Å². The predicted molar refractivity (Wildman–Crippen MR) is 140 cm³/mol. The summed E-state index contributed by atoms with van der Waals surface area (Å²) in [7, 11) is 0. The molecule has 1 aromatic carbocycles. The van der Waals surface area contributed by atoms with E-state index in [1.807, 2.05) is 60.8 Å². The van der Waals surface area contributed by atoms with Gasteiger partial charge >= 0.3 is 0 Å². The first-order chi connectivity index (χ1) is 16.9. The molecule has 35 heavy (non-hydrogen) atoms. The van der Waals surface area contributed by atoms with Gasteiger partial charge in [0.2, 0.25) is 5.91 Å². The van der Waals surface area contributed by atoms with Crippen LogP contribution in [0.15, 0.2) is 77.5 Å². The van der Waals surface area contributed by atoms with Gasteiger partial charge < -0.3 is 24.5 Å². The van der Waals surface area contributed by atoms with Gasteiger partial charge in [-0.3, -0.25) is 9.78 Å². The molecule has 2 N–H and O–H groups in total. The average molecular weight is 486 g/mol. The summed E-state index contributed by atoms with van der Waals surface area (Å²) in [5.41, 5.74) is 6.07. The Morgan fingerprint density at radius 3 is 2.60 bits per heavy atom. The van der Waals surface area contributed by atoms with Crippen molar-refractivity contribution in [2.75, 3.05) is 10.2 Å². The normalized spacial score (nSPS) is 17.5. The quantitative estimate of drug-likeness (QED) is 0.362. The first kappa shape index (κ1) is 22.9. The maximum absolute atomic E-state index is 11.5. The number of hydrogen-bond donors (Lipinski definition) is 2. The minimum absolute atomic E-state index is 0.104. The zero-order chi connectivity index (χ0) is 24.5. The smallest absolute Gasteiger partial charge is 0.221 e. The molecule has 5 rings (SSSR count). The van der Waals surface area contributed by atoms with E-state index in [4.69, 9.17) is 16.6 Å². The van der Waals surface area contributed by atoms with Gasteiger partial charge in [-0.15, -0.1) is 0 Å². The highest BCUT2D eigenvalue weighted by Crippen LogP contribution is 2.43. The van der Waals surface area contributed by atoms with Gasteiger partial charge in [0.1, 0.15) is 5.76 Å². The van der Waals surface area contributed by atoms with E-state index < -0.39 is 0 Å². The molecule has 3 aromatic heterocycles. The van der Waals surface area contributed by atoms with E-state index in [1.165, 1.54) is 12.5 Å². The number of nitrogens with one attached hydrogen (secondary N) is 2. The van der Waals surface area contributed by atoms with Crippen LogP contribution in [0.1, 0.15) is 47.4 Å². The summed E-state index contributed by atoms with van der Waals surface area (Å²) in [5.74, 6) is 0.804. The van der Waals surface area contributed by atoms with E-state index in [2.05, 4.69) is 45.0 Å². The fourth-order valence-corrected chi connectivity index (χ4v) is 5.13. The number of rotatable bonds is 6. The highest BCUT2D eigenvalue weighted by Gasteiger charge is 2.42. The number of aromatic nitrogens is 2. The largest absolute Gasteiger partial charge is 0.467 e. The number of thiocarbonyl (C=S) groups is 1. The number of anilines is 2. The van der Waals surface area contributed by atoms with Crippen molar-refractivity contribution in [2.24, 2.45) is 0 Å². The summed E-state index contributed by atoms with van der Waals surface area (Å²) in [6, 6.07) is 19.6. The molecule has 0 aliphatic carbocycles. The zero-order valence-corrected chi connectivity index (χ0v) is 20.7. The van der Waals surface area contributed by atoms with Crippen LogP contribution in [0.3, 0.4) is 0 Å². The van der Waals surface area contributed by atoms with Crippen LogP contribution in [0.25, 0.3) is 0 Å². The Balaban J connectivity index is 1.58. The lowest BCUT2D eigenvalue weighted by Crippen LogP contribution is -2.29. The lowest BCUT2D eigenvalue weighted by Gasteiger charge is -2.28. The van der Waals surface area contributed by atoms with Crippen LogP contribution in [-0.4, -0.2) is 20.6 Å². The summed E-state index contributed by atoms with van der Waals surface area (Å²) >= 11 is 5.85. The Kier molecular flexibility index (Phi) is 6.13. The summed E-state index contributed by atoms with van der Waals surface area (Å²) in [4.78, 5) is 18.3. The van der Waals surface area contributed by atoms with Crippen LogP contribution in [0.4, 0.5) is 11.4 Å². The average Bonchev–Trinajstić information content (AvgIpc) is 3.55. The molecule has 0 spiro atoms. The van der Waals surface area contributed by atoms with Gasteiger partial charge in [0.15, 0.2) is 5.11 Å². The van der Waals surface area contributed by atoms with Gasteiger partial charge in [0.25, 0.3) is 0 Å². The van der Waals surface area contributed by atoms with Crippen molar-refractivity contribution in [1.82, 2.24) is 14.9 Å². The maximum Gasteiger partial charge on any atom is 0.221 e. The third kappa shape index (κ3) is 4.44. The molecule has 0 bridgehead atoms. The van der Waals surface area contributed by atoms with Gasteiger partial charge in [-0.05, 0) is 86.2 Å². The molecule has 0 radical (unpaired) electrons. The van der Waals surface area contributed by atoms with Crippen LogP contribution in [-0.2, 0) is 11.3 Å². The van der Waals surface area contributed by atoms with Gasteiger partial charge in [-0.25, -0.2) is 0 Å². The molecule has 7 nitrogen and oxygen atoms in total. The van der Waals surface area contributed by atoms with Crippen molar-refractivity contribution >= 4 is 34.6 Å². The number of furan rings is 1. The van der Waals surface area contributed by atoms with Crippen LogP contribution >= 0.6 is 12.2 Å². The number of carbonyl (C=O) groups excluding carboxylic acids is 1. The molecule has 178 valence electrons. The summed E-state index contributed by atoms with van der Waals surface area (Å²) < 4.78 is 7.88. The van der Waals surface area contributed by atoms with Crippen molar-refractivity contribution in [3.8, 4) is 0 Å². The molecule has 8 heteroatoms. The summed E-state index contributed by atoms with van der Waals surface area (Å²) in [5, 5.41) is 6.97. The van der Waals surface area contributed by atoms with Gasteiger partial charge in [0, 0.05) is 35.9 Å². The third-order valence-corrected chi connectivity index (χ3v) is 6.70. The second-order valence-corrected chi connectivity index (χ2v) is 9.10. The summed E-state index contributed by atoms with van der Waals surface area (Å²) in [6.45, 7) is 6.41. The molecule has 0 saturated carbocycles. The van der Waals surface area contributed by atoms with E-state index in [-0.39, 0.29) is 18.0 Å². The SMILES string of the molecule is CC(=O)Nc1ccc(N2C(=S)N[C@@H](c3ccccn3)[C@@H]2c2cc(C)n(Cc3ccco3)c2C)cc1. The molecule has 0 unspecified atom stereocenters. The lowest BCUT2D eigenvalue weighted by molar-refractivity contribution is -0.114. The lowest BCUT2D eigenvalue weighted by atomic mass is 9.96. The third-order valence-electron chi connectivity index (χ3n) is 6.39. The molecule has 1 aliphatic rings. The first-order valence-electron chi connectivity index (χ1n) is 11.5. The van der Waals surface area contributed by atoms with Crippen molar-refractivity contribution < 1.29 is 9.21 Å². The fourth-order valence-electron chi connectivity index (χ4n) is 4.79. The van der Waals surface area contributed by atoms with Crippen molar-refractivity contribution in [3.63, 3.8) is 0 Å². The highest BCUT2D eigenvalue weighted by atomic mass is 32.1. The molecule has 4 aromatic rings. The maximum atomic E-state index is 11.5. The fraction of sp³-hybridized carbons (Fsp3) is 0.222. The zero-order valence-electron chi connectivity index (χ0n) is 19.9. The van der Waals surface area contributed by atoms with Crippen LogP contribution in [0.2, 0.25) is 0 Å². The Hall–Kier alpha value is -3.91. The number of hydrogen-bond acceptors (Lipinski definition) is 4. The predicted octanol–water partition coefficient (Wildman–Crippen LogP) is 5.28. The highest BCUT2D eigenvalue weighted by molar-refractivity contribution is 7.80. The Labute approximate surface area is 209 Å². The molecular weight excluding hydrogens is 458 g/mol. The van der Waals surface area contributed by atoms with Crippen molar-refractivity contribution in [3.05, 3.63) is 102 Å². The first-order valence-corrected chi connectivity index (χ1v) is 11.9. The number of benzene rings is 1. The number of nitrogens with zero attached hydrogens (tertiary/aromatic N) is 3. The molecular formula is C27H27N5O2S. The minimum Gasteiger partial charge on any atom is -0.467 e. The van der Waals surface area contributed by atoms with E-state index in [9.17, 15) is 4.79 Å². The second kappa shape index (κ2) is 9.38. The number of aryl methyl sites for hydroxylation is 1. The van der Waals surface area contributed by atoms with Crippen LogP contribution in [0.5, 0.6) is 0 Å². The molecule has 2 atom stereocenters. The number of carbonyl (C=O) groups is 1.